The van der Waals surface area contributed by atoms with Gasteiger partial charge in [0, 0.05) is 38.3 Å². The summed E-state index contributed by atoms with van der Waals surface area (Å²) in [7, 11) is 1.62. The normalized spacial score (nSPS) is 19.3. The molecule has 0 radical (unpaired) electrons. The highest BCUT2D eigenvalue weighted by atomic mass is 19.3. The monoisotopic (exact) mass is 326 g/mol. The zero-order valence-corrected chi connectivity index (χ0v) is 12.9. The first kappa shape index (κ1) is 17.3. The molecule has 8 heteroatoms. The van der Waals surface area contributed by atoms with Crippen molar-refractivity contribution in [3.8, 4) is 0 Å². The Hall–Kier alpha value is -2.09. The number of nitrogens with one attached hydrogen (secondary N) is 2. The Morgan fingerprint density at radius 1 is 1.48 bits per heavy atom. The second-order valence-electron chi connectivity index (χ2n) is 5.60. The van der Waals surface area contributed by atoms with E-state index in [1.54, 1.807) is 13.2 Å². The third-order valence-electron chi connectivity index (χ3n) is 3.70. The summed E-state index contributed by atoms with van der Waals surface area (Å²) >= 11 is 0. The van der Waals surface area contributed by atoms with Crippen LogP contribution in [0.1, 0.15) is 12.1 Å². The summed E-state index contributed by atoms with van der Waals surface area (Å²) in [5.41, 5.74) is 0.869. The van der Waals surface area contributed by atoms with Gasteiger partial charge >= 0.3 is 0 Å². The minimum absolute atomic E-state index is 0.207. The van der Waals surface area contributed by atoms with Crippen molar-refractivity contribution in [2.45, 2.75) is 24.8 Å². The highest BCUT2D eigenvalue weighted by Crippen LogP contribution is 2.24. The Kier molecular flexibility index (Phi) is 5.59. The molecule has 2 rings (SSSR count). The first-order chi connectivity index (χ1) is 10.9. The van der Waals surface area contributed by atoms with E-state index >= 15 is 0 Å². The molecule has 23 heavy (non-hydrogen) atoms. The highest BCUT2D eigenvalue weighted by Gasteiger charge is 2.42. The molecule has 0 saturated carbocycles. The fourth-order valence-electron chi connectivity index (χ4n) is 2.27. The molecule has 1 atom stereocenters. The van der Waals surface area contributed by atoms with Gasteiger partial charge in [-0.25, -0.2) is 8.78 Å². The van der Waals surface area contributed by atoms with Crippen LogP contribution in [0.5, 0.6) is 0 Å². The molecule has 0 aromatic carbocycles. The van der Waals surface area contributed by atoms with E-state index in [1.807, 2.05) is 18.2 Å². The molecule has 126 valence electrons. The van der Waals surface area contributed by atoms with E-state index in [0.717, 1.165) is 5.69 Å². The van der Waals surface area contributed by atoms with Crippen molar-refractivity contribution < 1.29 is 18.4 Å². The van der Waals surface area contributed by atoms with Gasteiger partial charge in [-0.2, -0.15) is 0 Å². The number of hydrogen-bond donors (Lipinski definition) is 2. The van der Waals surface area contributed by atoms with Crippen LogP contribution in [0, 0.1) is 0 Å². The number of carbonyl (C=O) groups is 2. The lowest BCUT2D eigenvalue weighted by Gasteiger charge is -2.18. The van der Waals surface area contributed by atoms with E-state index in [2.05, 4.69) is 15.6 Å². The van der Waals surface area contributed by atoms with Crippen LogP contribution in [0.4, 0.5) is 8.78 Å². The molecule has 0 spiro atoms. The average Bonchev–Trinajstić information content (AvgIpc) is 2.91. The number of carbonyl (C=O) groups excluding carboxylic acids is 2. The van der Waals surface area contributed by atoms with Gasteiger partial charge in [0.2, 0.25) is 11.8 Å². The molecular formula is C15H20F2N4O2. The first-order valence-corrected chi connectivity index (χ1v) is 7.40. The molecule has 0 aliphatic carbocycles. The smallest absolute Gasteiger partial charge is 0.262 e. The molecule has 0 bridgehead atoms. The largest absolute Gasteiger partial charge is 0.346 e. The van der Waals surface area contributed by atoms with Crippen LogP contribution >= 0.6 is 0 Å². The fourth-order valence-corrected chi connectivity index (χ4v) is 2.27. The van der Waals surface area contributed by atoms with Gasteiger partial charge in [-0.15, -0.1) is 0 Å². The Balaban J connectivity index is 1.70. The van der Waals surface area contributed by atoms with Gasteiger partial charge in [-0.3, -0.25) is 19.9 Å². The number of pyridine rings is 1. The van der Waals surface area contributed by atoms with Gasteiger partial charge in [0.05, 0.1) is 19.1 Å². The number of hydrogen-bond acceptors (Lipinski definition) is 4. The van der Waals surface area contributed by atoms with Gasteiger partial charge < -0.3 is 10.2 Å². The molecule has 1 aromatic heterocycles. The van der Waals surface area contributed by atoms with Crippen LogP contribution in [0.15, 0.2) is 24.4 Å². The number of nitrogens with zero attached hydrogens (tertiary/aromatic N) is 2. The zero-order chi connectivity index (χ0) is 16.9. The summed E-state index contributed by atoms with van der Waals surface area (Å²) in [6.45, 7) is -0.254. The van der Waals surface area contributed by atoms with Crippen LogP contribution < -0.4 is 10.6 Å². The van der Waals surface area contributed by atoms with Crippen molar-refractivity contribution in [3.63, 3.8) is 0 Å². The molecule has 1 aliphatic rings. The van der Waals surface area contributed by atoms with E-state index in [9.17, 15) is 18.4 Å². The molecule has 2 amide bonds. The van der Waals surface area contributed by atoms with Gasteiger partial charge in [0.25, 0.3) is 5.92 Å². The van der Waals surface area contributed by atoms with E-state index < -0.39 is 30.8 Å². The van der Waals surface area contributed by atoms with E-state index in [4.69, 9.17) is 0 Å². The number of likely N-dealkylation sites (N-methyl/N-ethyl adjacent to an activating group) is 1. The first-order valence-electron chi connectivity index (χ1n) is 7.40. The SMILES string of the molecule is CN(CCc1ccccn1)C(=O)CNC(=O)C1CC(F)(F)CN1. The summed E-state index contributed by atoms with van der Waals surface area (Å²) < 4.78 is 26.0. The Morgan fingerprint density at radius 3 is 2.87 bits per heavy atom. The van der Waals surface area contributed by atoms with Crippen LogP contribution in [-0.2, 0) is 16.0 Å². The van der Waals surface area contributed by atoms with Crippen LogP contribution in [0.3, 0.4) is 0 Å². The molecule has 1 fully saturated rings. The summed E-state index contributed by atoms with van der Waals surface area (Å²) in [5.74, 6) is -3.72. The van der Waals surface area contributed by atoms with E-state index in [0.29, 0.717) is 13.0 Å². The molecule has 2 heterocycles. The average molecular weight is 326 g/mol. The number of alkyl halides is 2. The van der Waals surface area contributed by atoms with E-state index in [-0.39, 0.29) is 12.5 Å². The number of aromatic nitrogens is 1. The van der Waals surface area contributed by atoms with Crippen molar-refractivity contribution in [1.82, 2.24) is 20.5 Å². The maximum Gasteiger partial charge on any atom is 0.262 e. The third kappa shape index (κ3) is 5.24. The van der Waals surface area contributed by atoms with Crippen molar-refractivity contribution in [3.05, 3.63) is 30.1 Å². The number of amides is 2. The second kappa shape index (κ2) is 7.45. The lowest BCUT2D eigenvalue weighted by atomic mass is 10.2. The van der Waals surface area contributed by atoms with Crippen molar-refractivity contribution >= 4 is 11.8 Å². The van der Waals surface area contributed by atoms with Crippen molar-refractivity contribution in [2.75, 3.05) is 26.7 Å². The quantitative estimate of drug-likeness (QED) is 0.783. The standard InChI is InChI=1S/C15H20F2N4O2/c1-21(7-5-11-4-2-3-6-18-11)13(22)9-19-14(23)12-8-15(16,17)10-20-12/h2-4,6,12,20H,5,7-10H2,1H3,(H,19,23). The Morgan fingerprint density at radius 2 is 2.26 bits per heavy atom. The molecule has 2 N–H and O–H groups in total. The topological polar surface area (TPSA) is 74.3 Å². The minimum Gasteiger partial charge on any atom is -0.346 e. The predicted molar refractivity (Wildman–Crippen MR) is 79.9 cm³/mol. The number of rotatable bonds is 6. The lowest BCUT2D eigenvalue weighted by molar-refractivity contribution is -0.132. The van der Waals surface area contributed by atoms with E-state index in [1.165, 1.54) is 4.90 Å². The van der Waals surface area contributed by atoms with Gasteiger partial charge in [0.15, 0.2) is 0 Å². The maximum absolute atomic E-state index is 13.0. The van der Waals surface area contributed by atoms with Crippen molar-refractivity contribution in [1.29, 1.82) is 0 Å². The molecule has 1 aromatic rings. The second-order valence-corrected chi connectivity index (χ2v) is 5.60. The summed E-state index contributed by atoms with van der Waals surface area (Å²) in [4.78, 5) is 29.3. The fraction of sp³-hybridized carbons (Fsp3) is 0.533. The zero-order valence-electron chi connectivity index (χ0n) is 12.9. The highest BCUT2D eigenvalue weighted by molar-refractivity contribution is 5.87. The molecule has 1 unspecified atom stereocenters. The minimum atomic E-state index is -2.87. The Labute approximate surface area is 133 Å². The van der Waals surface area contributed by atoms with Crippen LogP contribution in [0.25, 0.3) is 0 Å². The van der Waals surface area contributed by atoms with Crippen LogP contribution in [-0.4, -0.2) is 60.3 Å². The molecule has 1 aliphatic heterocycles. The summed E-state index contributed by atoms with van der Waals surface area (Å²) in [6, 6.07) is 4.60. The predicted octanol–water partition coefficient (Wildman–Crippen LogP) is 0.196. The van der Waals surface area contributed by atoms with Gasteiger partial charge in [0.1, 0.15) is 0 Å². The lowest BCUT2D eigenvalue weighted by Crippen LogP contribution is -2.45. The van der Waals surface area contributed by atoms with Gasteiger partial charge in [-0.1, -0.05) is 6.07 Å². The number of halogens is 2. The Bertz CT molecular complexity index is 554. The van der Waals surface area contributed by atoms with Gasteiger partial charge in [-0.05, 0) is 12.1 Å². The molecule has 1 saturated heterocycles. The molecular weight excluding hydrogens is 306 g/mol. The molecule has 6 nitrogen and oxygen atoms in total. The van der Waals surface area contributed by atoms with Crippen molar-refractivity contribution in [2.24, 2.45) is 0 Å². The summed E-state index contributed by atoms with van der Waals surface area (Å²) in [5, 5.41) is 4.85. The maximum atomic E-state index is 13.0. The summed E-state index contributed by atoms with van der Waals surface area (Å²) in [6.07, 6.45) is 1.75. The third-order valence-corrected chi connectivity index (χ3v) is 3.70. The van der Waals surface area contributed by atoms with Crippen LogP contribution in [0.2, 0.25) is 0 Å².